The first-order valence-electron chi connectivity index (χ1n) is 8.39. The molecule has 1 atom stereocenters. The molecule has 0 rings (SSSR count). The quantitative estimate of drug-likeness (QED) is 0.401. The van der Waals surface area contributed by atoms with Gasteiger partial charge in [0.25, 0.3) is 0 Å². The number of carbonyl (C=O) groups excluding carboxylic acids is 1. The standard InChI is InChI=1S/C17H35NO2/c1-5-7-8-9-10-11-12-13-14-18-17(3,6-2)15-16(19)20-4/h18H,5-15H2,1-4H3. The van der Waals surface area contributed by atoms with Crippen LogP contribution in [-0.4, -0.2) is 25.2 Å². The molecule has 0 saturated carbocycles. The zero-order chi connectivity index (χ0) is 15.3. The average Bonchev–Trinajstić information content (AvgIpc) is 2.45. The second-order valence-electron chi connectivity index (χ2n) is 6.07. The lowest BCUT2D eigenvalue weighted by Gasteiger charge is -2.28. The van der Waals surface area contributed by atoms with E-state index in [0.717, 1.165) is 13.0 Å². The van der Waals surface area contributed by atoms with Gasteiger partial charge >= 0.3 is 5.97 Å². The minimum Gasteiger partial charge on any atom is -0.469 e. The predicted molar refractivity (Wildman–Crippen MR) is 85.9 cm³/mol. The van der Waals surface area contributed by atoms with Crippen molar-refractivity contribution in [3.05, 3.63) is 0 Å². The van der Waals surface area contributed by atoms with Crippen LogP contribution in [-0.2, 0) is 9.53 Å². The Balaban J connectivity index is 3.58. The van der Waals surface area contributed by atoms with Gasteiger partial charge in [0, 0.05) is 5.54 Å². The van der Waals surface area contributed by atoms with Crippen LogP contribution in [0.3, 0.4) is 0 Å². The van der Waals surface area contributed by atoms with Crippen molar-refractivity contribution in [2.75, 3.05) is 13.7 Å². The van der Waals surface area contributed by atoms with Crippen molar-refractivity contribution >= 4 is 5.97 Å². The van der Waals surface area contributed by atoms with Crippen LogP contribution in [0.1, 0.15) is 85.0 Å². The summed E-state index contributed by atoms with van der Waals surface area (Å²) in [5.41, 5.74) is -0.117. The molecule has 0 aromatic rings. The summed E-state index contributed by atoms with van der Waals surface area (Å²) in [6, 6.07) is 0. The number of esters is 1. The fraction of sp³-hybridized carbons (Fsp3) is 0.941. The Morgan fingerprint density at radius 2 is 1.55 bits per heavy atom. The maximum absolute atomic E-state index is 11.4. The number of methoxy groups -OCH3 is 1. The van der Waals surface area contributed by atoms with Gasteiger partial charge in [-0.3, -0.25) is 4.79 Å². The van der Waals surface area contributed by atoms with Crippen molar-refractivity contribution in [1.82, 2.24) is 5.32 Å². The summed E-state index contributed by atoms with van der Waals surface area (Å²) in [5.74, 6) is -0.127. The molecule has 0 aliphatic heterocycles. The molecule has 0 aliphatic rings. The molecule has 0 spiro atoms. The minimum atomic E-state index is -0.127. The Hall–Kier alpha value is -0.570. The summed E-state index contributed by atoms with van der Waals surface area (Å²) in [6.45, 7) is 7.47. The first-order valence-corrected chi connectivity index (χ1v) is 8.39. The van der Waals surface area contributed by atoms with Gasteiger partial charge in [-0.25, -0.2) is 0 Å². The normalized spacial score (nSPS) is 14.0. The Morgan fingerprint density at radius 1 is 1.00 bits per heavy atom. The number of hydrogen-bond acceptors (Lipinski definition) is 3. The molecule has 1 N–H and O–H groups in total. The molecule has 0 saturated heterocycles. The molecule has 0 aliphatic carbocycles. The molecule has 0 fully saturated rings. The van der Waals surface area contributed by atoms with Gasteiger partial charge < -0.3 is 10.1 Å². The highest BCUT2D eigenvalue weighted by molar-refractivity contribution is 5.70. The molecule has 120 valence electrons. The van der Waals surface area contributed by atoms with Gasteiger partial charge in [0.1, 0.15) is 0 Å². The summed E-state index contributed by atoms with van der Waals surface area (Å²) in [5, 5.41) is 3.52. The van der Waals surface area contributed by atoms with Crippen molar-refractivity contribution in [2.45, 2.75) is 90.5 Å². The van der Waals surface area contributed by atoms with E-state index in [1.807, 2.05) is 0 Å². The topological polar surface area (TPSA) is 38.3 Å². The van der Waals surface area contributed by atoms with Crippen LogP contribution in [0, 0.1) is 0 Å². The third-order valence-corrected chi connectivity index (χ3v) is 4.12. The molecule has 3 heteroatoms. The van der Waals surface area contributed by atoms with Crippen LogP contribution in [0.4, 0.5) is 0 Å². The van der Waals surface area contributed by atoms with E-state index in [4.69, 9.17) is 4.74 Å². The van der Waals surface area contributed by atoms with Crippen LogP contribution >= 0.6 is 0 Å². The number of unbranched alkanes of at least 4 members (excludes halogenated alkanes) is 7. The number of nitrogens with one attached hydrogen (secondary N) is 1. The van der Waals surface area contributed by atoms with E-state index >= 15 is 0 Å². The number of carbonyl (C=O) groups is 1. The van der Waals surface area contributed by atoms with E-state index in [2.05, 4.69) is 26.1 Å². The molecule has 1 unspecified atom stereocenters. The molecule has 0 radical (unpaired) electrons. The summed E-state index contributed by atoms with van der Waals surface area (Å²) >= 11 is 0. The van der Waals surface area contributed by atoms with Crippen LogP contribution in [0.2, 0.25) is 0 Å². The monoisotopic (exact) mass is 285 g/mol. The summed E-state index contributed by atoms with van der Waals surface area (Å²) in [4.78, 5) is 11.4. The lowest BCUT2D eigenvalue weighted by Crippen LogP contribution is -2.44. The minimum absolute atomic E-state index is 0.117. The Labute approximate surface area is 125 Å². The molecule has 0 bridgehead atoms. The molecule has 0 amide bonds. The maximum atomic E-state index is 11.4. The first kappa shape index (κ1) is 19.4. The van der Waals surface area contributed by atoms with E-state index in [1.54, 1.807) is 0 Å². The van der Waals surface area contributed by atoms with E-state index in [9.17, 15) is 4.79 Å². The Bertz CT molecular complexity index is 243. The second kappa shape index (κ2) is 12.2. The van der Waals surface area contributed by atoms with Gasteiger partial charge in [-0.1, -0.05) is 58.8 Å². The van der Waals surface area contributed by atoms with Crippen molar-refractivity contribution in [3.63, 3.8) is 0 Å². The van der Waals surface area contributed by atoms with Crippen LogP contribution in [0.15, 0.2) is 0 Å². The summed E-state index contributed by atoms with van der Waals surface area (Å²) in [7, 11) is 1.46. The molecule has 20 heavy (non-hydrogen) atoms. The highest BCUT2D eigenvalue weighted by Gasteiger charge is 2.24. The smallest absolute Gasteiger partial charge is 0.307 e. The molecule has 0 heterocycles. The molecular formula is C17H35NO2. The van der Waals surface area contributed by atoms with Crippen molar-refractivity contribution in [3.8, 4) is 0 Å². The van der Waals surface area contributed by atoms with Gasteiger partial charge in [0.15, 0.2) is 0 Å². The Morgan fingerprint density at radius 3 is 2.05 bits per heavy atom. The third kappa shape index (κ3) is 10.2. The predicted octanol–water partition coefficient (Wildman–Crippen LogP) is 4.45. The number of rotatable bonds is 13. The van der Waals surface area contributed by atoms with E-state index < -0.39 is 0 Å². The first-order chi connectivity index (χ1) is 9.58. The maximum Gasteiger partial charge on any atom is 0.307 e. The second-order valence-corrected chi connectivity index (χ2v) is 6.07. The van der Waals surface area contributed by atoms with Crippen LogP contribution < -0.4 is 5.32 Å². The lowest BCUT2D eigenvalue weighted by molar-refractivity contribution is -0.142. The summed E-state index contributed by atoms with van der Waals surface area (Å²) < 4.78 is 4.76. The van der Waals surface area contributed by atoms with Crippen LogP contribution in [0.5, 0.6) is 0 Å². The molecule has 3 nitrogen and oxygen atoms in total. The van der Waals surface area contributed by atoms with Gasteiger partial charge in [-0.2, -0.15) is 0 Å². The highest BCUT2D eigenvalue weighted by atomic mass is 16.5. The lowest BCUT2D eigenvalue weighted by atomic mass is 9.94. The zero-order valence-electron chi connectivity index (χ0n) is 14.1. The van der Waals surface area contributed by atoms with E-state index in [1.165, 1.54) is 58.5 Å². The largest absolute Gasteiger partial charge is 0.469 e. The van der Waals surface area contributed by atoms with Crippen molar-refractivity contribution in [1.29, 1.82) is 0 Å². The molecule has 0 aromatic carbocycles. The van der Waals surface area contributed by atoms with Crippen molar-refractivity contribution in [2.24, 2.45) is 0 Å². The van der Waals surface area contributed by atoms with Crippen molar-refractivity contribution < 1.29 is 9.53 Å². The highest BCUT2D eigenvalue weighted by Crippen LogP contribution is 2.15. The van der Waals surface area contributed by atoms with Gasteiger partial charge in [-0.05, 0) is 26.3 Å². The van der Waals surface area contributed by atoms with Gasteiger partial charge in [-0.15, -0.1) is 0 Å². The van der Waals surface area contributed by atoms with Gasteiger partial charge in [0.2, 0.25) is 0 Å². The average molecular weight is 285 g/mol. The summed E-state index contributed by atoms with van der Waals surface area (Å²) in [6.07, 6.45) is 12.1. The zero-order valence-corrected chi connectivity index (χ0v) is 14.1. The number of ether oxygens (including phenoxy) is 1. The van der Waals surface area contributed by atoms with Crippen LogP contribution in [0.25, 0.3) is 0 Å². The van der Waals surface area contributed by atoms with E-state index in [-0.39, 0.29) is 11.5 Å². The SMILES string of the molecule is CCCCCCCCCCNC(C)(CC)CC(=O)OC. The molecular weight excluding hydrogens is 250 g/mol. The molecule has 0 aromatic heterocycles. The van der Waals surface area contributed by atoms with Gasteiger partial charge in [0.05, 0.1) is 13.5 Å². The third-order valence-electron chi connectivity index (χ3n) is 4.12. The fourth-order valence-electron chi connectivity index (χ4n) is 2.35. The fourth-order valence-corrected chi connectivity index (χ4v) is 2.35. The van der Waals surface area contributed by atoms with E-state index in [0.29, 0.717) is 6.42 Å². The Kier molecular flexibility index (Phi) is 11.8. The number of hydrogen-bond donors (Lipinski definition) is 1.